The third kappa shape index (κ3) is 3.14. The maximum Gasteiger partial charge on any atom is 0.265 e. The summed E-state index contributed by atoms with van der Waals surface area (Å²) in [6, 6.07) is 6.89. The maximum absolute atomic E-state index is 12.2. The Hall–Kier alpha value is -1.95. The number of benzene rings is 1. The standard InChI is InChI=1S/C14H16N2O3S/c1-9-12(20-8-7-19-9)14(18)16-11-6-4-3-5-10(11)13(17)15-2/h3-6H,7-8H2,1-2H3,(H,15,17)(H,16,18). The van der Waals surface area contributed by atoms with E-state index < -0.39 is 0 Å². The van der Waals surface area contributed by atoms with Gasteiger partial charge in [-0.1, -0.05) is 12.1 Å². The Morgan fingerprint density at radius 1 is 1.25 bits per heavy atom. The monoisotopic (exact) mass is 292 g/mol. The summed E-state index contributed by atoms with van der Waals surface area (Å²) >= 11 is 1.46. The van der Waals surface area contributed by atoms with Gasteiger partial charge in [0.25, 0.3) is 11.8 Å². The molecule has 106 valence electrons. The Morgan fingerprint density at radius 2 is 2.00 bits per heavy atom. The Bertz CT molecular complexity index is 569. The number of allylic oxidation sites excluding steroid dienone is 1. The molecule has 6 heteroatoms. The molecule has 0 unspecified atom stereocenters. The summed E-state index contributed by atoms with van der Waals surface area (Å²) < 4.78 is 5.37. The molecule has 0 fully saturated rings. The lowest BCUT2D eigenvalue weighted by atomic mass is 10.1. The zero-order chi connectivity index (χ0) is 14.5. The zero-order valence-electron chi connectivity index (χ0n) is 11.4. The van der Waals surface area contributed by atoms with Gasteiger partial charge in [-0.15, -0.1) is 11.8 Å². The quantitative estimate of drug-likeness (QED) is 0.894. The molecule has 0 spiro atoms. The minimum Gasteiger partial charge on any atom is -0.496 e. The summed E-state index contributed by atoms with van der Waals surface area (Å²) in [7, 11) is 1.55. The highest BCUT2D eigenvalue weighted by Crippen LogP contribution is 2.27. The summed E-state index contributed by atoms with van der Waals surface area (Å²) in [6.07, 6.45) is 0. The molecule has 2 N–H and O–H groups in total. The normalized spacial score (nSPS) is 14.5. The summed E-state index contributed by atoms with van der Waals surface area (Å²) in [5.41, 5.74) is 0.923. The molecule has 1 heterocycles. The Balaban J connectivity index is 2.22. The molecule has 1 aromatic carbocycles. The van der Waals surface area contributed by atoms with Crippen LogP contribution in [-0.2, 0) is 9.53 Å². The lowest BCUT2D eigenvalue weighted by Crippen LogP contribution is -2.23. The molecule has 0 atom stereocenters. The van der Waals surface area contributed by atoms with E-state index in [-0.39, 0.29) is 11.8 Å². The minimum atomic E-state index is -0.247. The number of carbonyl (C=O) groups is 2. The molecule has 20 heavy (non-hydrogen) atoms. The molecular weight excluding hydrogens is 276 g/mol. The summed E-state index contributed by atoms with van der Waals surface area (Å²) in [5.74, 6) is 0.885. The predicted molar refractivity (Wildman–Crippen MR) is 79.6 cm³/mol. The van der Waals surface area contributed by atoms with Gasteiger partial charge in [-0.2, -0.15) is 0 Å². The van der Waals surface area contributed by atoms with Crippen LogP contribution in [0.4, 0.5) is 5.69 Å². The molecule has 1 aliphatic heterocycles. The van der Waals surface area contributed by atoms with Gasteiger partial charge in [0.1, 0.15) is 10.7 Å². The summed E-state index contributed by atoms with van der Waals surface area (Å²) in [6.45, 7) is 2.38. The number of anilines is 1. The predicted octanol–water partition coefficient (Wildman–Crippen LogP) is 1.98. The van der Waals surface area contributed by atoms with Crippen molar-refractivity contribution in [1.82, 2.24) is 5.32 Å². The molecule has 0 saturated heterocycles. The van der Waals surface area contributed by atoms with Crippen molar-refractivity contribution < 1.29 is 14.3 Å². The third-order valence-corrected chi connectivity index (χ3v) is 3.95. The van der Waals surface area contributed by atoms with E-state index in [1.807, 2.05) is 0 Å². The van der Waals surface area contributed by atoms with Crippen LogP contribution in [0, 0.1) is 0 Å². The highest BCUT2D eigenvalue weighted by Gasteiger charge is 2.20. The van der Waals surface area contributed by atoms with Crippen molar-refractivity contribution in [1.29, 1.82) is 0 Å². The number of carbonyl (C=O) groups excluding carboxylic acids is 2. The van der Waals surface area contributed by atoms with Gasteiger partial charge in [-0.3, -0.25) is 9.59 Å². The Labute approximate surface area is 121 Å². The fourth-order valence-electron chi connectivity index (χ4n) is 1.83. The van der Waals surface area contributed by atoms with Gasteiger partial charge in [0.2, 0.25) is 0 Å². The van der Waals surface area contributed by atoms with Crippen LogP contribution < -0.4 is 10.6 Å². The fourth-order valence-corrected chi connectivity index (χ4v) is 2.65. The van der Waals surface area contributed by atoms with Crippen LogP contribution in [-0.4, -0.2) is 31.2 Å². The Morgan fingerprint density at radius 3 is 2.70 bits per heavy atom. The van der Waals surface area contributed by atoms with Crippen LogP contribution in [0.5, 0.6) is 0 Å². The van der Waals surface area contributed by atoms with Crippen molar-refractivity contribution in [3.05, 3.63) is 40.5 Å². The van der Waals surface area contributed by atoms with Gasteiger partial charge in [-0.25, -0.2) is 0 Å². The summed E-state index contributed by atoms with van der Waals surface area (Å²) in [5, 5.41) is 5.32. The first-order valence-electron chi connectivity index (χ1n) is 6.22. The third-order valence-electron chi connectivity index (χ3n) is 2.82. The second-order valence-corrected chi connectivity index (χ2v) is 5.27. The molecule has 0 aromatic heterocycles. The van der Waals surface area contributed by atoms with E-state index in [0.717, 1.165) is 5.75 Å². The van der Waals surface area contributed by atoms with Crippen molar-refractivity contribution >= 4 is 29.3 Å². The first-order valence-corrected chi connectivity index (χ1v) is 7.21. The van der Waals surface area contributed by atoms with E-state index in [1.165, 1.54) is 11.8 Å². The SMILES string of the molecule is CNC(=O)c1ccccc1NC(=O)C1=C(C)OCCS1. The van der Waals surface area contributed by atoms with Crippen molar-refractivity contribution in [2.24, 2.45) is 0 Å². The van der Waals surface area contributed by atoms with Crippen molar-refractivity contribution in [3.63, 3.8) is 0 Å². The van der Waals surface area contributed by atoms with Gasteiger partial charge in [0.05, 0.1) is 17.9 Å². The molecule has 0 bridgehead atoms. The molecule has 0 aliphatic carbocycles. The first kappa shape index (κ1) is 14.5. The number of hydrogen-bond acceptors (Lipinski definition) is 4. The van der Waals surface area contributed by atoms with Crippen LogP contribution >= 0.6 is 11.8 Å². The molecule has 5 nitrogen and oxygen atoms in total. The molecule has 0 saturated carbocycles. The minimum absolute atomic E-state index is 0.237. The fraction of sp³-hybridized carbons (Fsp3) is 0.286. The van der Waals surface area contributed by atoms with Crippen molar-refractivity contribution in [2.75, 3.05) is 24.7 Å². The second-order valence-electron chi connectivity index (χ2n) is 4.16. The average Bonchev–Trinajstić information content (AvgIpc) is 2.47. The van der Waals surface area contributed by atoms with Gasteiger partial charge >= 0.3 is 0 Å². The highest BCUT2D eigenvalue weighted by molar-refractivity contribution is 8.04. The number of rotatable bonds is 3. The number of ether oxygens (including phenoxy) is 1. The summed E-state index contributed by atoms with van der Waals surface area (Å²) in [4.78, 5) is 24.5. The van der Waals surface area contributed by atoms with Gasteiger partial charge in [0, 0.05) is 12.8 Å². The zero-order valence-corrected chi connectivity index (χ0v) is 12.2. The van der Waals surface area contributed by atoms with E-state index in [0.29, 0.717) is 28.5 Å². The van der Waals surface area contributed by atoms with Crippen molar-refractivity contribution in [2.45, 2.75) is 6.92 Å². The molecule has 1 aromatic rings. The number of thioether (sulfide) groups is 1. The lowest BCUT2D eigenvalue weighted by Gasteiger charge is -2.18. The maximum atomic E-state index is 12.2. The molecule has 2 amide bonds. The highest BCUT2D eigenvalue weighted by atomic mass is 32.2. The number of nitrogens with one attached hydrogen (secondary N) is 2. The second kappa shape index (κ2) is 6.47. The van der Waals surface area contributed by atoms with Crippen molar-refractivity contribution in [3.8, 4) is 0 Å². The van der Waals surface area contributed by atoms with Crippen LogP contribution in [0.2, 0.25) is 0 Å². The van der Waals surface area contributed by atoms with Crippen LogP contribution in [0.3, 0.4) is 0 Å². The van der Waals surface area contributed by atoms with Gasteiger partial charge in [0.15, 0.2) is 0 Å². The first-order chi connectivity index (χ1) is 9.63. The molecule has 1 aliphatic rings. The van der Waals surface area contributed by atoms with E-state index in [4.69, 9.17) is 4.74 Å². The van der Waals surface area contributed by atoms with E-state index >= 15 is 0 Å². The van der Waals surface area contributed by atoms with E-state index in [1.54, 1.807) is 38.2 Å². The Kier molecular flexibility index (Phi) is 4.68. The lowest BCUT2D eigenvalue weighted by molar-refractivity contribution is -0.112. The van der Waals surface area contributed by atoms with Crippen LogP contribution in [0.1, 0.15) is 17.3 Å². The van der Waals surface area contributed by atoms with Crippen LogP contribution in [0.25, 0.3) is 0 Å². The topological polar surface area (TPSA) is 67.4 Å². The average molecular weight is 292 g/mol. The number of para-hydroxylation sites is 1. The van der Waals surface area contributed by atoms with Gasteiger partial charge < -0.3 is 15.4 Å². The molecule has 2 rings (SSSR count). The van der Waals surface area contributed by atoms with Crippen LogP contribution in [0.15, 0.2) is 34.9 Å². The molecular formula is C14H16N2O3S. The largest absolute Gasteiger partial charge is 0.496 e. The number of amides is 2. The van der Waals surface area contributed by atoms with Gasteiger partial charge in [-0.05, 0) is 19.1 Å². The van der Waals surface area contributed by atoms with E-state index in [9.17, 15) is 9.59 Å². The number of hydrogen-bond donors (Lipinski definition) is 2. The van der Waals surface area contributed by atoms with E-state index in [2.05, 4.69) is 10.6 Å². The molecule has 0 radical (unpaired) electrons. The smallest absolute Gasteiger partial charge is 0.265 e.